The lowest BCUT2D eigenvalue weighted by atomic mass is 10.1. The van der Waals surface area contributed by atoms with Crippen molar-refractivity contribution in [2.75, 3.05) is 0 Å². The van der Waals surface area contributed by atoms with Crippen molar-refractivity contribution in [1.82, 2.24) is 4.98 Å². The first kappa shape index (κ1) is 10.9. The minimum Gasteiger partial charge on any atom is -0.465 e. The largest absolute Gasteiger partial charge is 0.465 e. The lowest BCUT2D eigenvalue weighted by Gasteiger charge is -2.08. The van der Waals surface area contributed by atoms with Crippen LogP contribution < -0.4 is 5.73 Å². The van der Waals surface area contributed by atoms with E-state index in [2.05, 4.69) is 4.98 Å². The molecule has 0 aliphatic heterocycles. The summed E-state index contributed by atoms with van der Waals surface area (Å²) in [6.07, 6.45) is 2.56. The molecule has 1 unspecified atom stereocenters. The molecule has 0 saturated heterocycles. The van der Waals surface area contributed by atoms with Gasteiger partial charge in [0.2, 0.25) is 0 Å². The molecule has 3 nitrogen and oxygen atoms in total. The molecular formula is C13H16N2O. The summed E-state index contributed by atoms with van der Waals surface area (Å²) in [6.45, 7) is 3.94. The topological polar surface area (TPSA) is 52.0 Å². The van der Waals surface area contributed by atoms with E-state index in [-0.39, 0.29) is 6.04 Å². The molecule has 0 fully saturated rings. The van der Waals surface area contributed by atoms with Crippen LogP contribution in [0.3, 0.4) is 0 Å². The van der Waals surface area contributed by atoms with Gasteiger partial charge in [0.25, 0.3) is 0 Å². The molecule has 2 aromatic rings. The van der Waals surface area contributed by atoms with Crippen molar-refractivity contribution in [3.63, 3.8) is 0 Å². The molecule has 2 rings (SSSR count). The van der Waals surface area contributed by atoms with Crippen LogP contribution in [0, 0.1) is 13.8 Å². The van der Waals surface area contributed by atoms with Gasteiger partial charge in [-0.25, -0.2) is 0 Å². The predicted molar refractivity (Wildman–Crippen MR) is 63.1 cm³/mol. The molecular weight excluding hydrogens is 200 g/mol. The summed E-state index contributed by atoms with van der Waals surface area (Å²) in [5, 5.41) is 0. The zero-order chi connectivity index (χ0) is 11.5. The van der Waals surface area contributed by atoms with Crippen LogP contribution in [0.15, 0.2) is 34.9 Å². The summed E-state index contributed by atoms with van der Waals surface area (Å²) >= 11 is 0. The Bertz CT molecular complexity index is 459. The number of nitrogens with two attached hydrogens (primary N) is 1. The van der Waals surface area contributed by atoms with Gasteiger partial charge in [-0.1, -0.05) is 6.07 Å². The van der Waals surface area contributed by atoms with Crippen LogP contribution in [0.2, 0.25) is 0 Å². The molecule has 0 aliphatic rings. The van der Waals surface area contributed by atoms with Crippen molar-refractivity contribution < 1.29 is 4.42 Å². The third kappa shape index (κ3) is 2.49. The van der Waals surface area contributed by atoms with Crippen LogP contribution in [0.25, 0.3) is 0 Å². The second kappa shape index (κ2) is 4.49. The molecule has 2 heterocycles. The van der Waals surface area contributed by atoms with Crippen LogP contribution in [0.4, 0.5) is 0 Å². The molecule has 0 amide bonds. The van der Waals surface area contributed by atoms with Gasteiger partial charge in [-0.2, -0.15) is 0 Å². The van der Waals surface area contributed by atoms with E-state index >= 15 is 0 Å². The van der Waals surface area contributed by atoms with Gasteiger partial charge >= 0.3 is 0 Å². The van der Waals surface area contributed by atoms with E-state index in [4.69, 9.17) is 10.2 Å². The highest BCUT2D eigenvalue weighted by Gasteiger charge is 2.11. The lowest BCUT2D eigenvalue weighted by Crippen LogP contribution is -2.13. The SMILES string of the molecule is Cc1ccc(CC(N)c2ccc(C)o2)nc1. The number of hydrogen-bond donors (Lipinski definition) is 1. The Kier molecular flexibility index (Phi) is 3.06. The van der Waals surface area contributed by atoms with Crippen molar-refractivity contribution in [3.05, 3.63) is 53.2 Å². The maximum absolute atomic E-state index is 6.04. The minimum atomic E-state index is -0.121. The van der Waals surface area contributed by atoms with E-state index in [0.717, 1.165) is 22.8 Å². The number of hydrogen-bond acceptors (Lipinski definition) is 3. The number of pyridine rings is 1. The van der Waals surface area contributed by atoms with Gasteiger partial charge in [0, 0.05) is 18.3 Å². The van der Waals surface area contributed by atoms with Crippen LogP contribution in [-0.2, 0) is 6.42 Å². The Hall–Kier alpha value is -1.61. The van der Waals surface area contributed by atoms with Gasteiger partial charge in [-0.05, 0) is 37.6 Å². The highest BCUT2D eigenvalue weighted by molar-refractivity contribution is 5.16. The second-order valence-corrected chi connectivity index (χ2v) is 4.09. The summed E-state index contributed by atoms with van der Waals surface area (Å²) in [7, 11) is 0. The van der Waals surface area contributed by atoms with Crippen molar-refractivity contribution in [2.24, 2.45) is 5.73 Å². The summed E-state index contributed by atoms with van der Waals surface area (Å²) in [5.41, 5.74) is 8.20. The molecule has 2 N–H and O–H groups in total. The Morgan fingerprint density at radius 3 is 2.62 bits per heavy atom. The number of rotatable bonds is 3. The number of aromatic nitrogens is 1. The molecule has 0 radical (unpaired) electrons. The Labute approximate surface area is 95.3 Å². The first-order valence-electron chi connectivity index (χ1n) is 5.38. The molecule has 0 bridgehead atoms. The molecule has 0 aromatic carbocycles. The smallest absolute Gasteiger partial charge is 0.121 e. The normalized spacial score (nSPS) is 12.7. The highest BCUT2D eigenvalue weighted by Crippen LogP contribution is 2.17. The third-order valence-electron chi connectivity index (χ3n) is 2.53. The highest BCUT2D eigenvalue weighted by atomic mass is 16.3. The number of furan rings is 1. The van der Waals surface area contributed by atoms with Gasteiger partial charge < -0.3 is 10.2 Å². The molecule has 0 saturated carbocycles. The summed E-state index contributed by atoms with van der Waals surface area (Å²) in [4.78, 5) is 4.33. The zero-order valence-electron chi connectivity index (χ0n) is 9.60. The molecule has 0 aliphatic carbocycles. The average molecular weight is 216 g/mol. The van der Waals surface area contributed by atoms with Crippen LogP contribution in [0.5, 0.6) is 0 Å². The van der Waals surface area contributed by atoms with E-state index in [1.807, 2.05) is 44.3 Å². The molecule has 2 aromatic heterocycles. The van der Waals surface area contributed by atoms with Crippen LogP contribution >= 0.6 is 0 Å². The monoisotopic (exact) mass is 216 g/mol. The number of nitrogens with zero attached hydrogens (tertiary/aromatic N) is 1. The number of aryl methyl sites for hydroxylation is 2. The van der Waals surface area contributed by atoms with Gasteiger partial charge in [-0.15, -0.1) is 0 Å². The molecule has 0 spiro atoms. The fraction of sp³-hybridized carbons (Fsp3) is 0.308. The summed E-state index contributed by atoms with van der Waals surface area (Å²) in [6, 6.07) is 7.78. The van der Waals surface area contributed by atoms with E-state index in [1.54, 1.807) is 0 Å². The van der Waals surface area contributed by atoms with Crippen LogP contribution in [-0.4, -0.2) is 4.98 Å². The fourth-order valence-electron chi connectivity index (χ4n) is 1.60. The first-order chi connectivity index (χ1) is 7.65. The Morgan fingerprint density at radius 2 is 2.06 bits per heavy atom. The van der Waals surface area contributed by atoms with E-state index in [9.17, 15) is 0 Å². The fourth-order valence-corrected chi connectivity index (χ4v) is 1.60. The van der Waals surface area contributed by atoms with Crippen molar-refractivity contribution in [2.45, 2.75) is 26.3 Å². The lowest BCUT2D eigenvalue weighted by molar-refractivity contribution is 0.443. The molecule has 3 heteroatoms. The molecule has 1 atom stereocenters. The predicted octanol–water partition coefficient (Wildman–Crippen LogP) is 2.53. The van der Waals surface area contributed by atoms with Crippen LogP contribution in [0.1, 0.15) is 28.8 Å². The molecule has 84 valence electrons. The Balaban J connectivity index is 2.07. The maximum atomic E-state index is 6.04. The third-order valence-corrected chi connectivity index (χ3v) is 2.53. The standard InChI is InChI=1S/C13H16N2O/c1-9-3-5-11(15-8-9)7-12(14)13-6-4-10(2)16-13/h3-6,8,12H,7,14H2,1-2H3. The van der Waals surface area contributed by atoms with Gasteiger partial charge in [0.05, 0.1) is 6.04 Å². The zero-order valence-corrected chi connectivity index (χ0v) is 9.60. The van der Waals surface area contributed by atoms with E-state index in [0.29, 0.717) is 6.42 Å². The van der Waals surface area contributed by atoms with Gasteiger partial charge in [0.1, 0.15) is 11.5 Å². The Morgan fingerprint density at radius 1 is 1.25 bits per heavy atom. The first-order valence-corrected chi connectivity index (χ1v) is 5.38. The molecule has 16 heavy (non-hydrogen) atoms. The maximum Gasteiger partial charge on any atom is 0.121 e. The van der Waals surface area contributed by atoms with Gasteiger partial charge in [0.15, 0.2) is 0 Å². The van der Waals surface area contributed by atoms with Crippen molar-refractivity contribution >= 4 is 0 Å². The van der Waals surface area contributed by atoms with E-state index < -0.39 is 0 Å². The summed E-state index contributed by atoms with van der Waals surface area (Å²) < 4.78 is 5.49. The average Bonchev–Trinajstić information content (AvgIpc) is 2.68. The van der Waals surface area contributed by atoms with Crippen molar-refractivity contribution in [1.29, 1.82) is 0 Å². The van der Waals surface area contributed by atoms with Crippen molar-refractivity contribution in [3.8, 4) is 0 Å². The van der Waals surface area contributed by atoms with Gasteiger partial charge in [-0.3, -0.25) is 4.98 Å². The van der Waals surface area contributed by atoms with E-state index in [1.165, 1.54) is 0 Å². The second-order valence-electron chi connectivity index (χ2n) is 4.09. The summed E-state index contributed by atoms with van der Waals surface area (Å²) in [5.74, 6) is 1.71. The minimum absolute atomic E-state index is 0.121. The quantitative estimate of drug-likeness (QED) is 0.857.